The van der Waals surface area contributed by atoms with E-state index in [0.717, 1.165) is 0 Å². The summed E-state index contributed by atoms with van der Waals surface area (Å²) in [6.45, 7) is 10.3. The molecule has 0 atom stereocenters. The van der Waals surface area contributed by atoms with Crippen LogP contribution < -0.4 is 0 Å². The highest BCUT2D eigenvalue weighted by molar-refractivity contribution is 6.29. The maximum atomic E-state index is 5.30. The van der Waals surface area contributed by atoms with Gasteiger partial charge in [-0.15, -0.1) is 0 Å². The predicted octanol–water partition coefficient (Wildman–Crippen LogP) is 1.45. The van der Waals surface area contributed by atoms with E-state index in [1.54, 1.807) is 0 Å². The molecule has 0 aliphatic heterocycles. The van der Waals surface area contributed by atoms with Crippen molar-refractivity contribution in [2.75, 3.05) is 0 Å². The van der Waals surface area contributed by atoms with Crippen molar-refractivity contribution in [3.8, 4) is 0 Å². The monoisotopic (exact) mass is 127 g/mol. The third-order valence-corrected chi connectivity index (χ3v) is 0.984. The fourth-order valence-electron chi connectivity index (χ4n) is 0.288. The highest BCUT2D eigenvalue weighted by Crippen LogP contribution is 2.16. The molecule has 0 N–H and O–H groups in total. The SMILES string of the molecule is [CH]c1noc(Cl)c1[CH]. The van der Waals surface area contributed by atoms with E-state index in [-0.39, 0.29) is 16.5 Å². The summed E-state index contributed by atoms with van der Waals surface area (Å²) in [5.74, 6) is 0. The van der Waals surface area contributed by atoms with E-state index in [1.807, 2.05) is 0 Å². The van der Waals surface area contributed by atoms with E-state index in [0.29, 0.717) is 0 Å². The van der Waals surface area contributed by atoms with Crippen LogP contribution in [0.2, 0.25) is 5.22 Å². The molecule has 0 saturated carbocycles. The van der Waals surface area contributed by atoms with Gasteiger partial charge in [0.25, 0.3) is 0 Å². The van der Waals surface area contributed by atoms with Crippen LogP contribution in [0.4, 0.5) is 0 Å². The molecule has 0 aliphatic rings. The lowest BCUT2D eigenvalue weighted by Gasteiger charge is -1.77. The van der Waals surface area contributed by atoms with Crippen molar-refractivity contribution in [3.63, 3.8) is 0 Å². The predicted molar refractivity (Wildman–Crippen MR) is 28.3 cm³/mol. The molecule has 0 spiro atoms. The van der Waals surface area contributed by atoms with Gasteiger partial charge in [-0.1, -0.05) is 5.16 Å². The van der Waals surface area contributed by atoms with Gasteiger partial charge >= 0.3 is 0 Å². The van der Waals surface area contributed by atoms with E-state index in [4.69, 9.17) is 25.4 Å². The number of nitrogens with zero attached hydrogens (tertiary/aromatic N) is 1. The standard InChI is InChI=1S/C5H2ClNO/c1-3-4(2)7-8-5(3)6/h1-2H. The Morgan fingerprint density at radius 3 is 2.25 bits per heavy atom. The van der Waals surface area contributed by atoms with Gasteiger partial charge in [-0.3, -0.25) is 0 Å². The minimum absolute atomic E-state index is 0.0440. The zero-order valence-electron chi connectivity index (χ0n) is 3.89. The normalized spacial score (nSPS) is 9.88. The topological polar surface area (TPSA) is 26.0 Å². The number of hydrogen-bond donors (Lipinski definition) is 0. The minimum atomic E-state index is 0.0440. The Bertz CT molecular complexity index is 175. The molecule has 4 radical (unpaired) electrons. The highest BCUT2D eigenvalue weighted by Gasteiger charge is 2.03. The second-order valence-corrected chi connectivity index (χ2v) is 1.60. The third kappa shape index (κ3) is 0.713. The maximum absolute atomic E-state index is 5.30. The van der Waals surface area contributed by atoms with Crippen LogP contribution in [0.15, 0.2) is 4.52 Å². The van der Waals surface area contributed by atoms with Crippen molar-refractivity contribution in [1.29, 1.82) is 0 Å². The molecule has 1 aromatic rings. The minimum Gasteiger partial charge on any atom is -0.344 e. The van der Waals surface area contributed by atoms with Gasteiger partial charge in [0.2, 0.25) is 5.22 Å². The summed E-state index contributed by atoms with van der Waals surface area (Å²) < 4.78 is 4.36. The first-order valence-corrected chi connectivity index (χ1v) is 2.25. The molecule has 1 rings (SSSR count). The van der Waals surface area contributed by atoms with E-state index in [1.165, 1.54) is 0 Å². The third-order valence-electron chi connectivity index (χ3n) is 0.712. The molecular formula is C5H2ClNO. The first-order chi connectivity index (χ1) is 3.72. The van der Waals surface area contributed by atoms with E-state index in [9.17, 15) is 0 Å². The van der Waals surface area contributed by atoms with Crippen molar-refractivity contribution in [2.24, 2.45) is 0 Å². The smallest absolute Gasteiger partial charge is 0.229 e. The Labute approximate surface area is 52.4 Å². The van der Waals surface area contributed by atoms with E-state index >= 15 is 0 Å². The molecule has 1 heterocycles. The first-order valence-electron chi connectivity index (χ1n) is 1.88. The first kappa shape index (κ1) is 5.63. The van der Waals surface area contributed by atoms with Crippen molar-refractivity contribution >= 4 is 11.6 Å². The Hall–Kier alpha value is -0.500. The van der Waals surface area contributed by atoms with Crippen LogP contribution >= 0.6 is 11.6 Å². The molecule has 2 nitrogen and oxygen atoms in total. The fourth-order valence-corrected chi connectivity index (χ4v) is 0.420. The second-order valence-electron chi connectivity index (χ2n) is 1.26. The Kier molecular flexibility index (Phi) is 1.26. The Morgan fingerprint density at radius 2 is 2.12 bits per heavy atom. The molecule has 0 aliphatic carbocycles. The highest BCUT2D eigenvalue weighted by atomic mass is 35.5. The summed E-state index contributed by atoms with van der Waals surface area (Å²) in [4.78, 5) is 0. The van der Waals surface area contributed by atoms with Crippen LogP contribution in [0.5, 0.6) is 0 Å². The zero-order valence-corrected chi connectivity index (χ0v) is 4.64. The summed E-state index contributed by atoms with van der Waals surface area (Å²) in [5, 5.41) is 3.31. The van der Waals surface area contributed by atoms with E-state index < -0.39 is 0 Å². The largest absolute Gasteiger partial charge is 0.344 e. The molecular weight excluding hydrogens is 126 g/mol. The molecule has 0 unspecified atom stereocenters. The van der Waals surface area contributed by atoms with Crippen molar-refractivity contribution in [2.45, 2.75) is 0 Å². The van der Waals surface area contributed by atoms with Crippen molar-refractivity contribution in [1.82, 2.24) is 5.16 Å². The Balaban J connectivity index is 3.19. The van der Waals surface area contributed by atoms with Gasteiger partial charge in [-0.2, -0.15) is 0 Å². The van der Waals surface area contributed by atoms with Crippen molar-refractivity contribution in [3.05, 3.63) is 30.3 Å². The lowest BCUT2D eigenvalue weighted by molar-refractivity contribution is 0.418. The Morgan fingerprint density at radius 1 is 1.50 bits per heavy atom. The van der Waals surface area contributed by atoms with Gasteiger partial charge in [-0.05, 0) is 11.6 Å². The molecule has 0 bridgehead atoms. The summed E-state index contributed by atoms with van der Waals surface area (Å²) in [5.41, 5.74) is 0.335. The van der Waals surface area contributed by atoms with Gasteiger partial charge in [0.1, 0.15) is 0 Å². The molecule has 0 saturated heterocycles. The zero-order chi connectivity index (χ0) is 6.15. The van der Waals surface area contributed by atoms with Crippen LogP contribution in [-0.2, 0) is 0 Å². The molecule has 0 amide bonds. The van der Waals surface area contributed by atoms with Gasteiger partial charge < -0.3 is 4.52 Å². The summed E-state index contributed by atoms with van der Waals surface area (Å²) in [7, 11) is 0. The van der Waals surface area contributed by atoms with Crippen molar-refractivity contribution < 1.29 is 4.52 Å². The average molecular weight is 128 g/mol. The second kappa shape index (κ2) is 1.78. The fraction of sp³-hybridized carbons (Fsp3) is 0. The summed E-state index contributed by atoms with van der Waals surface area (Å²) >= 11 is 5.30. The molecule has 0 aromatic carbocycles. The molecule has 0 fully saturated rings. The van der Waals surface area contributed by atoms with Gasteiger partial charge in [0.15, 0.2) is 0 Å². The number of rotatable bonds is 0. The van der Waals surface area contributed by atoms with Gasteiger partial charge in [0.05, 0.1) is 5.69 Å². The van der Waals surface area contributed by atoms with Crippen LogP contribution in [0.25, 0.3) is 0 Å². The van der Waals surface area contributed by atoms with Crippen LogP contribution in [0, 0.1) is 13.8 Å². The lowest BCUT2D eigenvalue weighted by atomic mass is 10.3. The summed E-state index contributed by atoms with van der Waals surface area (Å²) in [6, 6.07) is 0. The summed E-state index contributed by atoms with van der Waals surface area (Å²) in [6.07, 6.45) is 0. The molecule has 40 valence electrons. The number of hydrogen-bond acceptors (Lipinski definition) is 2. The molecule has 3 heteroatoms. The number of aromatic nitrogens is 1. The molecule has 8 heavy (non-hydrogen) atoms. The van der Waals surface area contributed by atoms with Gasteiger partial charge in [0, 0.05) is 19.4 Å². The lowest BCUT2D eigenvalue weighted by Crippen LogP contribution is -1.70. The van der Waals surface area contributed by atoms with E-state index in [2.05, 4.69) is 9.68 Å². The maximum Gasteiger partial charge on any atom is 0.229 e. The average Bonchev–Trinajstić information content (AvgIpc) is 1.98. The van der Waals surface area contributed by atoms with Crippen LogP contribution in [0.1, 0.15) is 11.3 Å². The quantitative estimate of drug-likeness (QED) is 0.527. The van der Waals surface area contributed by atoms with Crippen LogP contribution in [-0.4, -0.2) is 5.16 Å². The molecule has 1 aromatic heterocycles. The number of halogens is 1. The van der Waals surface area contributed by atoms with Gasteiger partial charge in [-0.25, -0.2) is 0 Å². The van der Waals surface area contributed by atoms with Crippen LogP contribution in [0.3, 0.4) is 0 Å².